The van der Waals surface area contributed by atoms with Crippen LogP contribution in [0.3, 0.4) is 0 Å². The summed E-state index contributed by atoms with van der Waals surface area (Å²) < 4.78 is 4.02. The molecule has 1 aliphatic heterocycles. The third-order valence-corrected chi connectivity index (χ3v) is 5.96. The molecule has 2 aromatic heterocycles. The lowest BCUT2D eigenvalue weighted by Crippen LogP contribution is -2.48. The molecule has 3 aromatic rings. The van der Waals surface area contributed by atoms with Crippen LogP contribution in [-0.2, 0) is 24.8 Å². The number of rotatable bonds is 5. The first-order valence-corrected chi connectivity index (χ1v) is 10.2. The number of amides is 1. The quantitative estimate of drug-likeness (QED) is 0.672. The summed E-state index contributed by atoms with van der Waals surface area (Å²) in [4.78, 5) is 17.2. The van der Waals surface area contributed by atoms with Gasteiger partial charge in [0.2, 0.25) is 5.91 Å². The SMILES string of the molecule is Cc1nn(C)c(C)c1CN1CCN(C(=O)Cc2ccc(-n3cccc3)cc2)CC1. The molecule has 1 amide bonds. The molecule has 1 saturated heterocycles. The van der Waals surface area contributed by atoms with Crippen LogP contribution in [0.1, 0.15) is 22.5 Å². The van der Waals surface area contributed by atoms with Crippen LogP contribution < -0.4 is 0 Å². The highest BCUT2D eigenvalue weighted by Gasteiger charge is 2.22. The molecule has 1 aliphatic rings. The number of carbonyl (C=O) groups is 1. The van der Waals surface area contributed by atoms with Crippen LogP contribution in [0.4, 0.5) is 0 Å². The molecular formula is C23H29N5O. The number of hydrogen-bond acceptors (Lipinski definition) is 3. The van der Waals surface area contributed by atoms with E-state index >= 15 is 0 Å². The number of piperazine rings is 1. The standard InChI is InChI=1S/C23H29N5O/c1-18-22(19(2)25(3)24-18)17-26-12-14-28(15-13-26)23(29)16-20-6-8-21(9-7-20)27-10-4-5-11-27/h4-11H,12-17H2,1-3H3. The topological polar surface area (TPSA) is 46.3 Å². The second-order valence-electron chi connectivity index (χ2n) is 7.86. The summed E-state index contributed by atoms with van der Waals surface area (Å²) in [6, 6.07) is 12.3. The van der Waals surface area contributed by atoms with Crippen molar-refractivity contribution in [2.24, 2.45) is 7.05 Å². The maximum atomic E-state index is 12.7. The van der Waals surface area contributed by atoms with E-state index in [4.69, 9.17) is 0 Å². The van der Waals surface area contributed by atoms with Gasteiger partial charge in [0.25, 0.3) is 0 Å². The number of benzene rings is 1. The van der Waals surface area contributed by atoms with Crippen LogP contribution in [0.2, 0.25) is 0 Å². The van der Waals surface area contributed by atoms with Gasteiger partial charge < -0.3 is 9.47 Å². The molecule has 0 atom stereocenters. The molecule has 4 rings (SSSR count). The molecule has 6 nitrogen and oxygen atoms in total. The van der Waals surface area contributed by atoms with Crippen LogP contribution >= 0.6 is 0 Å². The summed E-state index contributed by atoms with van der Waals surface area (Å²) in [6.07, 6.45) is 4.51. The van der Waals surface area contributed by atoms with E-state index in [1.165, 1.54) is 11.3 Å². The first-order chi connectivity index (χ1) is 14.0. The fraction of sp³-hybridized carbons (Fsp3) is 0.391. The summed E-state index contributed by atoms with van der Waals surface area (Å²) in [5.41, 5.74) is 5.82. The Balaban J connectivity index is 1.30. The largest absolute Gasteiger partial charge is 0.340 e. The van der Waals surface area contributed by atoms with E-state index in [2.05, 4.69) is 52.7 Å². The van der Waals surface area contributed by atoms with Gasteiger partial charge >= 0.3 is 0 Å². The fourth-order valence-electron chi connectivity index (χ4n) is 4.00. The molecule has 0 saturated carbocycles. The zero-order chi connectivity index (χ0) is 20.4. The number of hydrogen-bond donors (Lipinski definition) is 0. The molecule has 1 aromatic carbocycles. The maximum Gasteiger partial charge on any atom is 0.227 e. The average molecular weight is 392 g/mol. The van der Waals surface area contributed by atoms with Gasteiger partial charge in [-0.15, -0.1) is 0 Å². The third kappa shape index (κ3) is 4.27. The van der Waals surface area contributed by atoms with Crippen molar-refractivity contribution in [3.05, 3.63) is 71.3 Å². The minimum absolute atomic E-state index is 0.215. The summed E-state index contributed by atoms with van der Waals surface area (Å²) in [7, 11) is 1.99. The Morgan fingerprint density at radius 2 is 1.66 bits per heavy atom. The molecule has 1 fully saturated rings. The molecule has 0 spiro atoms. The first kappa shape index (κ1) is 19.5. The van der Waals surface area contributed by atoms with E-state index in [1.807, 2.05) is 41.2 Å². The van der Waals surface area contributed by atoms with Crippen LogP contribution in [0.25, 0.3) is 5.69 Å². The summed E-state index contributed by atoms with van der Waals surface area (Å²) in [5, 5.41) is 4.51. The highest BCUT2D eigenvalue weighted by Crippen LogP contribution is 2.17. The zero-order valence-corrected chi connectivity index (χ0v) is 17.5. The number of nitrogens with zero attached hydrogens (tertiary/aromatic N) is 5. The minimum atomic E-state index is 0.215. The van der Waals surface area contributed by atoms with Crippen molar-refractivity contribution >= 4 is 5.91 Å². The van der Waals surface area contributed by atoms with Crippen molar-refractivity contribution < 1.29 is 4.79 Å². The van der Waals surface area contributed by atoms with E-state index < -0.39 is 0 Å². The summed E-state index contributed by atoms with van der Waals surface area (Å²) in [6.45, 7) is 8.50. The fourth-order valence-corrected chi connectivity index (χ4v) is 4.00. The van der Waals surface area contributed by atoms with Gasteiger partial charge in [-0.1, -0.05) is 12.1 Å². The number of aromatic nitrogens is 3. The Morgan fingerprint density at radius 3 is 2.24 bits per heavy atom. The third-order valence-electron chi connectivity index (χ3n) is 5.96. The Morgan fingerprint density at radius 1 is 1.00 bits per heavy atom. The van der Waals surface area contributed by atoms with Gasteiger partial charge in [0.15, 0.2) is 0 Å². The summed E-state index contributed by atoms with van der Waals surface area (Å²) >= 11 is 0. The molecule has 0 unspecified atom stereocenters. The van der Waals surface area contributed by atoms with E-state index in [9.17, 15) is 4.79 Å². The van der Waals surface area contributed by atoms with Crippen LogP contribution in [0.5, 0.6) is 0 Å². The van der Waals surface area contributed by atoms with Gasteiger partial charge in [-0.05, 0) is 43.7 Å². The van der Waals surface area contributed by atoms with Gasteiger partial charge in [-0.25, -0.2) is 0 Å². The maximum absolute atomic E-state index is 12.7. The van der Waals surface area contributed by atoms with E-state index in [-0.39, 0.29) is 5.91 Å². The van der Waals surface area contributed by atoms with Gasteiger partial charge in [-0.3, -0.25) is 14.4 Å². The lowest BCUT2D eigenvalue weighted by molar-refractivity contribution is -0.132. The average Bonchev–Trinajstić information content (AvgIpc) is 3.34. The van der Waals surface area contributed by atoms with E-state index in [1.54, 1.807) is 0 Å². The normalized spacial score (nSPS) is 15.1. The minimum Gasteiger partial charge on any atom is -0.340 e. The molecule has 6 heteroatoms. The van der Waals surface area contributed by atoms with Crippen LogP contribution in [0.15, 0.2) is 48.8 Å². The lowest BCUT2D eigenvalue weighted by Gasteiger charge is -2.35. The first-order valence-electron chi connectivity index (χ1n) is 10.2. The van der Waals surface area contributed by atoms with Gasteiger partial charge in [-0.2, -0.15) is 5.10 Å². The van der Waals surface area contributed by atoms with Crippen molar-refractivity contribution in [2.75, 3.05) is 26.2 Å². The van der Waals surface area contributed by atoms with Crippen LogP contribution in [-0.4, -0.2) is 56.2 Å². The Bertz CT molecular complexity index is 964. The lowest BCUT2D eigenvalue weighted by atomic mass is 10.1. The molecule has 0 N–H and O–H groups in total. The molecule has 0 aliphatic carbocycles. The molecular weight excluding hydrogens is 362 g/mol. The van der Waals surface area contributed by atoms with Gasteiger partial charge in [0.05, 0.1) is 12.1 Å². The Kier molecular flexibility index (Phi) is 5.53. The molecule has 29 heavy (non-hydrogen) atoms. The van der Waals surface area contributed by atoms with Crippen molar-refractivity contribution in [2.45, 2.75) is 26.8 Å². The van der Waals surface area contributed by atoms with Gasteiger partial charge in [0, 0.05) is 69.1 Å². The van der Waals surface area contributed by atoms with Crippen molar-refractivity contribution in [3.8, 4) is 5.69 Å². The molecule has 0 bridgehead atoms. The predicted molar refractivity (Wildman–Crippen MR) is 114 cm³/mol. The zero-order valence-electron chi connectivity index (χ0n) is 17.5. The predicted octanol–water partition coefficient (Wildman–Crippen LogP) is 2.71. The highest BCUT2D eigenvalue weighted by molar-refractivity contribution is 5.79. The smallest absolute Gasteiger partial charge is 0.227 e. The second-order valence-corrected chi connectivity index (χ2v) is 7.86. The van der Waals surface area contributed by atoms with Gasteiger partial charge in [0.1, 0.15) is 0 Å². The molecule has 152 valence electrons. The van der Waals surface area contributed by atoms with E-state index in [0.717, 1.165) is 49.7 Å². The monoisotopic (exact) mass is 391 g/mol. The van der Waals surface area contributed by atoms with Crippen molar-refractivity contribution in [1.82, 2.24) is 24.1 Å². The Labute approximate surface area is 172 Å². The number of carbonyl (C=O) groups excluding carboxylic acids is 1. The van der Waals surface area contributed by atoms with Crippen molar-refractivity contribution in [1.29, 1.82) is 0 Å². The Hall–Kier alpha value is -2.86. The van der Waals surface area contributed by atoms with Crippen molar-refractivity contribution in [3.63, 3.8) is 0 Å². The molecule has 0 radical (unpaired) electrons. The molecule has 3 heterocycles. The second kappa shape index (κ2) is 8.25. The van der Waals surface area contributed by atoms with Crippen LogP contribution in [0, 0.1) is 13.8 Å². The number of aryl methyl sites for hydroxylation is 2. The van der Waals surface area contributed by atoms with E-state index in [0.29, 0.717) is 6.42 Å². The highest BCUT2D eigenvalue weighted by atomic mass is 16.2. The summed E-state index contributed by atoms with van der Waals surface area (Å²) in [5.74, 6) is 0.215.